The van der Waals surface area contributed by atoms with Crippen LogP contribution in [0.3, 0.4) is 0 Å². The Labute approximate surface area is 156 Å². The molecule has 0 aliphatic rings. The van der Waals surface area contributed by atoms with Crippen LogP contribution >= 0.6 is 23.5 Å². The van der Waals surface area contributed by atoms with E-state index in [2.05, 4.69) is 27.1 Å². The van der Waals surface area contributed by atoms with Crippen molar-refractivity contribution in [1.82, 2.24) is 0 Å². The van der Waals surface area contributed by atoms with Crippen LogP contribution < -0.4 is 13.6 Å². The fraction of sp³-hybridized carbons (Fsp3) is 0.500. The summed E-state index contributed by atoms with van der Waals surface area (Å²) in [5, 5.41) is 0. The molecule has 0 saturated carbocycles. The summed E-state index contributed by atoms with van der Waals surface area (Å²) in [5.41, 5.74) is 0. The highest BCUT2D eigenvalue weighted by molar-refractivity contribution is 7.49. The summed E-state index contributed by atoms with van der Waals surface area (Å²) in [7, 11) is -5.20. The van der Waals surface area contributed by atoms with E-state index in [1.165, 1.54) is 18.2 Å². The van der Waals surface area contributed by atoms with Gasteiger partial charge in [-0.2, -0.15) is 0 Å². The Kier molecular flexibility index (Phi) is 8.95. The van der Waals surface area contributed by atoms with Crippen molar-refractivity contribution in [3.05, 3.63) is 18.2 Å². The first-order valence-electron chi connectivity index (χ1n) is 6.98. The van der Waals surface area contributed by atoms with E-state index in [9.17, 15) is 13.7 Å². The quantitative estimate of drug-likeness (QED) is 0.426. The summed E-state index contributed by atoms with van der Waals surface area (Å²) >= 11 is 0. The Hall–Kier alpha value is -0.930. The molecule has 12 nitrogen and oxygen atoms in total. The SMILES string of the molecule is COP(=O)(OC)Oc1cc(OP(=O)(OC)OC)cc(OP(=O)(OC)OC)c1. The zero-order chi connectivity index (χ0) is 20.7. The molecule has 0 aromatic heterocycles. The second-order valence-electron chi connectivity index (χ2n) is 4.35. The van der Waals surface area contributed by atoms with Gasteiger partial charge in [-0.1, -0.05) is 0 Å². The van der Waals surface area contributed by atoms with Crippen molar-refractivity contribution in [2.24, 2.45) is 0 Å². The molecule has 0 aliphatic carbocycles. The van der Waals surface area contributed by atoms with Crippen molar-refractivity contribution in [3.8, 4) is 17.2 Å². The highest BCUT2D eigenvalue weighted by Crippen LogP contribution is 2.54. The van der Waals surface area contributed by atoms with Gasteiger partial charge in [-0.15, -0.1) is 0 Å². The fourth-order valence-electron chi connectivity index (χ4n) is 1.54. The lowest BCUT2D eigenvalue weighted by Gasteiger charge is -2.19. The van der Waals surface area contributed by atoms with Gasteiger partial charge in [0, 0.05) is 60.9 Å². The van der Waals surface area contributed by atoms with E-state index in [0.29, 0.717) is 0 Å². The van der Waals surface area contributed by atoms with E-state index in [-0.39, 0.29) is 17.2 Å². The van der Waals surface area contributed by atoms with Crippen LogP contribution in [-0.4, -0.2) is 42.7 Å². The third-order valence-corrected chi connectivity index (χ3v) is 6.83. The summed E-state index contributed by atoms with van der Waals surface area (Å²) < 4.78 is 80.1. The van der Waals surface area contributed by atoms with Crippen molar-refractivity contribution < 1.29 is 54.4 Å². The molecule has 1 rings (SSSR count). The molecule has 0 amide bonds. The van der Waals surface area contributed by atoms with Gasteiger partial charge in [-0.3, -0.25) is 27.1 Å². The van der Waals surface area contributed by atoms with Crippen LogP contribution in [0.15, 0.2) is 18.2 Å². The average molecular weight is 450 g/mol. The zero-order valence-corrected chi connectivity index (χ0v) is 18.2. The van der Waals surface area contributed by atoms with Gasteiger partial charge < -0.3 is 13.6 Å². The third kappa shape index (κ3) is 6.87. The number of phosphoric acid groups is 3. The lowest BCUT2D eigenvalue weighted by molar-refractivity contribution is 0.206. The summed E-state index contributed by atoms with van der Waals surface area (Å²) in [6.45, 7) is 0. The van der Waals surface area contributed by atoms with E-state index in [1.54, 1.807) is 0 Å². The number of benzene rings is 1. The molecule has 27 heavy (non-hydrogen) atoms. The molecule has 0 aliphatic heterocycles. The Morgan fingerprint density at radius 3 is 0.815 bits per heavy atom. The van der Waals surface area contributed by atoms with Crippen LogP contribution in [0.4, 0.5) is 0 Å². The second-order valence-corrected chi connectivity index (χ2v) is 9.77. The topological polar surface area (TPSA) is 134 Å². The second kappa shape index (κ2) is 10.0. The van der Waals surface area contributed by atoms with E-state index in [1.807, 2.05) is 0 Å². The van der Waals surface area contributed by atoms with Crippen molar-refractivity contribution >= 4 is 23.5 Å². The first-order chi connectivity index (χ1) is 12.6. The average Bonchev–Trinajstić information content (AvgIpc) is 2.67. The Bertz CT molecular complexity index is 630. The van der Waals surface area contributed by atoms with Gasteiger partial charge >= 0.3 is 23.5 Å². The molecule has 0 spiro atoms. The monoisotopic (exact) mass is 450 g/mol. The van der Waals surface area contributed by atoms with E-state index >= 15 is 0 Å². The van der Waals surface area contributed by atoms with Crippen LogP contribution in [0.1, 0.15) is 0 Å². The van der Waals surface area contributed by atoms with Gasteiger partial charge in [0.15, 0.2) is 0 Å². The molecule has 0 heterocycles. The molecule has 0 N–H and O–H groups in total. The maximum Gasteiger partial charge on any atom is 0.529 e. The Morgan fingerprint density at radius 2 is 0.667 bits per heavy atom. The van der Waals surface area contributed by atoms with Gasteiger partial charge in [0.05, 0.1) is 0 Å². The Morgan fingerprint density at radius 1 is 0.481 bits per heavy atom. The first-order valence-corrected chi connectivity index (χ1v) is 11.4. The van der Waals surface area contributed by atoms with Gasteiger partial charge in [-0.05, 0) is 0 Å². The van der Waals surface area contributed by atoms with Crippen molar-refractivity contribution in [3.63, 3.8) is 0 Å². The molecule has 0 atom stereocenters. The van der Waals surface area contributed by atoms with Gasteiger partial charge in [0.25, 0.3) is 0 Å². The standard InChI is InChI=1S/C12H21O12P3/c1-16-25(13,17-2)22-10-7-11(23-26(14,18-3)19-4)9-12(8-10)24-27(15,20-5)21-6/h7-9H,1-6H3. The Balaban J connectivity index is 3.36. The van der Waals surface area contributed by atoms with Crippen molar-refractivity contribution in [2.45, 2.75) is 0 Å². The van der Waals surface area contributed by atoms with Crippen LogP contribution in [0, 0.1) is 0 Å². The maximum atomic E-state index is 12.2. The molecule has 0 unspecified atom stereocenters. The molecule has 0 saturated heterocycles. The van der Waals surface area contributed by atoms with Crippen LogP contribution in [-0.2, 0) is 40.8 Å². The third-order valence-electron chi connectivity index (χ3n) is 2.85. The number of phosphoric ester groups is 3. The predicted octanol–water partition coefficient (Wildman–Crippen LogP) is 4.03. The normalized spacial score (nSPS) is 12.7. The smallest absolute Gasteiger partial charge is 0.404 e. The lowest BCUT2D eigenvalue weighted by Crippen LogP contribution is -2.01. The number of hydrogen-bond donors (Lipinski definition) is 0. The summed E-state index contributed by atoms with van der Waals surface area (Å²) in [5.74, 6) is -0.480. The van der Waals surface area contributed by atoms with E-state index in [4.69, 9.17) is 13.6 Å². The highest BCUT2D eigenvalue weighted by atomic mass is 31.2. The van der Waals surface area contributed by atoms with Crippen molar-refractivity contribution in [2.75, 3.05) is 42.7 Å². The fourth-order valence-corrected chi connectivity index (χ4v) is 3.52. The van der Waals surface area contributed by atoms with E-state index in [0.717, 1.165) is 42.7 Å². The minimum absolute atomic E-state index is 0.160. The number of rotatable bonds is 12. The van der Waals surface area contributed by atoms with E-state index < -0.39 is 23.5 Å². The summed E-state index contributed by atoms with van der Waals surface area (Å²) in [6, 6.07) is 3.52. The van der Waals surface area contributed by atoms with Gasteiger partial charge in [0.2, 0.25) is 0 Å². The summed E-state index contributed by atoms with van der Waals surface area (Å²) in [6.07, 6.45) is 0. The molecular weight excluding hydrogens is 429 g/mol. The van der Waals surface area contributed by atoms with Crippen molar-refractivity contribution in [1.29, 1.82) is 0 Å². The van der Waals surface area contributed by atoms with Gasteiger partial charge in [-0.25, -0.2) is 13.7 Å². The van der Waals surface area contributed by atoms with Gasteiger partial charge in [0.1, 0.15) is 17.2 Å². The predicted molar refractivity (Wildman–Crippen MR) is 93.2 cm³/mol. The molecule has 15 heteroatoms. The molecule has 0 bridgehead atoms. The van der Waals surface area contributed by atoms with Crippen LogP contribution in [0.25, 0.3) is 0 Å². The van der Waals surface area contributed by atoms with Crippen LogP contribution in [0.5, 0.6) is 17.2 Å². The maximum absolute atomic E-state index is 12.2. The highest BCUT2D eigenvalue weighted by Gasteiger charge is 2.30. The molecular formula is C12H21O12P3. The number of hydrogen-bond acceptors (Lipinski definition) is 12. The lowest BCUT2D eigenvalue weighted by atomic mass is 10.3. The van der Waals surface area contributed by atoms with Crippen LogP contribution in [0.2, 0.25) is 0 Å². The molecule has 1 aromatic carbocycles. The molecule has 0 fully saturated rings. The first kappa shape index (κ1) is 24.1. The minimum Gasteiger partial charge on any atom is -0.404 e. The largest absolute Gasteiger partial charge is 0.529 e. The summed E-state index contributed by atoms with van der Waals surface area (Å²) in [4.78, 5) is 0. The molecule has 1 aromatic rings. The minimum atomic E-state index is -3.95. The molecule has 0 radical (unpaired) electrons. The zero-order valence-electron chi connectivity index (χ0n) is 15.5. The molecule has 156 valence electrons.